The van der Waals surface area contributed by atoms with Gasteiger partial charge in [-0.2, -0.15) is 0 Å². The Labute approximate surface area is 140 Å². The maximum atomic E-state index is 10.6. The summed E-state index contributed by atoms with van der Waals surface area (Å²) in [6.07, 6.45) is 4.25. The molecule has 1 unspecified atom stereocenters. The van der Waals surface area contributed by atoms with Gasteiger partial charge in [-0.15, -0.1) is 0 Å². The van der Waals surface area contributed by atoms with Gasteiger partial charge in [-0.3, -0.25) is 4.79 Å². The highest BCUT2D eigenvalue weighted by atomic mass is 16.1. The third kappa shape index (κ3) is 4.95. The van der Waals surface area contributed by atoms with E-state index in [0.717, 1.165) is 32.2 Å². The highest BCUT2D eigenvalue weighted by Crippen LogP contribution is 2.32. The predicted molar refractivity (Wildman–Crippen MR) is 97.6 cm³/mol. The quantitative estimate of drug-likeness (QED) is 0.495. The normalized spacial score (nSPS) is 12.0. The first-order valence-electron chi connectivity index (χ1n) is 8.43. The van der Waals surface area contributed by atoms with E-state index in [-0.39, 0.29) is 0 Å². The average Bonchev–Trinajstić information content (AvgIpc) is 2.58. The first-order chi connectivity index (χ1) is 11.1. The van der Waals surface area contributed by atoms with E-state index in [1.54, 1.807) is 4.90 Å². The van der Waals surface area contributed by atoms with Crippen molar-refractivity contribution in [3.63, 3.8) is 0 Å². The first-order valence-corrected chi connectivity index (χ1v) is 8.43. The van der Waals surface area contributed by atoms with Crippen molar-refractivity contribution in [2.24, 2.45) is 0 Å². The van der Waals surface area contributed by atoms with Crippen molar-refractivity contribution in [2.75, 3.05) is 13.6 Å². The number of amides is 1. The highest BCUT2D eigenvalue weighted by Gasteiger charge is 2.11. The van der Waals surface area contributed by atoms with Gasteiger partial charge < -0.3 is 4.90 Å². The third-order valence-corrected chi connectivity index (χ3v) is 4.40. The minimum absolute atomic E-state index is 0.522. The molecular weight excluding hydrogens is 282 g/mol. The van der Waals surface area contributed by atoms with E-state index in [4.69, 9.17) is 0 Å². The van der Waals surface area contributed by atoms with Crippen LogP contribution in [-0.4, -0.2) is 24.9 Å². The van der Waals surface area contributed by atoms with Crippen molar-refractivity contribution in [3.8, 4) is 11.1 Å². The molecule has 2 nitrogen and oxygen atoms in total. The van der Waals surface area contributed by atoms with Crippen LogP contribution in [0.5, 0.6) is 0 Å². The van der Waals surface area contributed by atoms with Crippen LogP contribution in [0.15, 0.2) is 48.5 Å². The average molecular weight is 309 g/mol. The molecule has 122 valence electrons. The number of aryl methyl sites for hydroxylation is 1. The van der Waals surface area contributed by atoms with Gasteiger partial charge in [-0.05, 0) is 42.4 Å². The van der Waals surface area contributed by atoms with Crippen LogP contribution in [0.25, 0.3) is 11.1 Å². The Hall–Kier alpha value is -2.09. The lowest BCUT2D eigenvalue weighted by Gasteiger charge is -2.18. The van der Waals surface area contributed by atoms with Crippen molar-refractivity contribution in [3.05, 3.63) is 59.7 Å². The number of nitrogens with zero attached hydrogens (tertiary/aromatic N) is 1. The van der Waals surface area contributed by atoms with Crippen molar-refractivity contribution in [2.45, 2.75) is 39.0 Å². The summed E-state index contributed by atoms with van der Waals surface area (Å²) in [7, 11) is 1.84. The van der Waals surface area contributed by atoms with Gasteiger partial charge >= 0.3 is 0 Å². The SMILES string of the molecule is Cc1cccc(-c2ccccc2C(C)CCCCN(C)C=O)c1. The Morgan fingerprint density at radius 1 is 1.09 bits per heavy atom. The van der Waals surface area contributed by atoms with Gasteiger partial charge in [0, 0.05) is 13.6 Å². The summed E-state index contributed by atoms with van der Waals surface area (Å²) < 4.78 is 0. The van der Waals surface area contributed by atoms with E-state index in [1.165, 1.54) is 22.3 Å². The molecule has 0 N–H and O–H groups in total. The smallest absolute Gasteiger partial charge is 0.209 e. The van der Waals surface area contributed by atoms with Gasteiger partial charge in [0.15, 0.2) is 0 Å². The Kier molecular flexibility index (Phi) is 6.40. The molecule has 0 spiro atoms. The molecule has 23 heavy (non-hydrogen) atoms. The Morgan fingerprint density at radius 2 is 1.87 bits per heavy atom. The summed E-state index contributed by atoms with van der Waals surface area (Å²) in [6, 6.07) is 17.4. The van der Waals surface area contributed by atoms with Crippen molar-refractivity contribution in [1.82, 2.24) is 4.90 Å². The second kappa shape index (κ2) is 8.52. The third-order valence-electron chi connectivity index (χ3n) is 4.40. The summed E-state index contributed by atoms with van der Waals surface area (Å²) >= 11 is 0. The minimum atomic E-state index is 0.522. The standard InChI is InChI=1S/C21H27NO/c1-17-9-8-11-19(15-17)21-13-5-4-12-20(21)18(2)10-6-7-14-22(3)16-23/h4-5,8-9,11-13,15-16,18H,6-7,10,14H2,1-3H3. The van der Waals surface area contributed by atoms with E-state index in [0.29, 0.717) is 5.92 Å². The van der Waals surface area contributed by atoms with E-state index in [2.05, 4.69) is 62.4 Å². The summed E-state index contributed by atoms with van der Waals surface area (Å²) in [5, 5.41) is 0. The van der Waals surface area contributed by atoms with Crippen LogP contribution in [-0.2, 0) is 4.79 Å². The molecule has 0 saturated heterocycles. The number of hydrogen-bond acceptors (Lipinski definition) is 1. The Morgan fingerprint density at radius 3 is 2.61 bits per heavy atom. The molecule has 0 saturated carbocycles. The van der Waals surface area contributed by atoms with Crippen LogP contribution in [0.3, 0.4) is 0 Å². The van der Waals surface area contributed by atoms with Crippen molar-refractivity contribution >= 4 is 6.41 Å². The maximum absolute atomic E-state index is 10.6. The van der Waals surface area contributed by atoms with Gasteiger partial charge in [0.1, 0.15) is 0 Å². The summed E-state index contributed by atoms with van der Waals surface area (Å²) in [5.74, 6) is 0.522. The van der Waals surface area contributed by atoms with Gasteiger partial charge in [0.2, 0.25) is 6.41 Å². The molecule has 2 rings (SSSR count). The lowest BCUT2D eigenvalue weighted by Crippen LogP contribution is -2.17. The second-order valence-electron chi connectivity index (χ2n) is 6.44. The highest BCUT2D eigenvalue weighted by molar-refractivity contribution is 5.68. The van der Waals surface area contributed by atoms with Crippen LogP contribution in [0.4, 0.5) is 0 Å². The molecule has 2 aromatic carbocycles. The molecule has 1 atom stereocenters. The summed E-state index contributed by atoms with van der Waals surface area (Å²) in [6.45, 7) is 5.28. The fraction of sp³-hybridized carbons (Fsp3) is 0.381. The zero-order valence-electron chi connectivity index (χ0n) is 14.5. The maximum Gasteiger partial charge on any atom is 0.209 e. The van der Waals surface area contributed by atoms with Crippen LogP contribution in [0.2, 0.25) is 0 Å². The molecule has 0 aliphatic rings. The molecule has 0 radical (unpaired) electrons. The molecular formula is C21H27NO. The zero-order chi connectivity index (χ0) is 16.7. The van der Waals surface area contributed by atoms with E-state index < -0.39 is 0 Å². The summed E-state index contributed by atoms with van der Waals surface area (Å²) in [5.41, 5.74) is 5.35. The topological polar surface area (TPSA) is 20.3 Å². The van der Waals surface area contributed by atoms with Gasteiger partial charge in [0.25, 0.3) is 0 Å². The monoisotopic (exact) mass is 309 g/mol. The number of carbonyl (C=O) groups is 1. The molecule has 2 heteroatoms. The molecule has 0 bridgehead atoms. The zero-order valence-corrected chi connectivity index (χ0v) is 14.5. The van der Waals surface area contributed by atoms with Crippen molar-refractivity contribution in [1.29, 1.82) is 0 Å². The number of unbranched alkanes of at least 4 members (excludes halogenated alkanes) is 1. The lowest BCUT2D eigenvalue weighted by molar-refractivity contribution is -0.117. The van der Waals surface area contributed by atoms with Crippen LogP contribution in [0, 0.1) is 6.92 Å². The van der Waals surface area contributed by atoms with Crippen molar-refractivity contribution < 1.29 is 4.79 Å². The number of rotatable bonds is 8. The van der Waals surface area contributed by atoms with Gasteiger partial charge in [-0.1, -0.05) is 67.4 Å². The Bertz CT molecular complexity index is 635. The van der Waals surface area contributed by atoms with Gasteiger partial charge in [-0.25, -0.2) is 0 Å². The number of hydrogen-bond donors (Lipinski definition) is 0. The molecule has 2 aromatic rings. The second-order valence-corrected chi connectivity index (χ2v) is 6.44. The molecule has 0 fully saturated rings. The first kappa shape index (κ1) is 17.3. The number of benzene rings is 2. The molecule has 1 amide bonds. The molecule has 0 aliphatic heterocycles. The Balaban J connectivity index is 2.06. The predicted octanol–water partition coefficient (Wildman–Crippen LogP) is 5.02. The van der Waals surface area contributed by atoms with E-state index in [9.17, 15) is 4.79 Å². The lowest BCUT2D eigenvalue weighted by atomic mass is 9.88. The summed E-state index contributed by atoms with van der Waals surface area (Å²) in [4.78, 5) is 12.3. The fourth-order valence-electron chi connectivity index (χ4n) is 3.02. The largest absolute Gasteiger partial charge is 0.348 e. The van der Waals surface area contributed by atoms with Crippen LogP contribution in [0.1, 0.15) is 43.2 Å². The molecule has 0 aliphatic carbocycles. The molecule has 0 heterocycles. The van der Waals surface area contributed by atoms with Gasteiger partial charge in [0.05, 0.1) is 0 Å². The van der Waals surface area contributed by atoms with E-state index in [1.807, 2.05) is 7.05 Å². The molecule has 0 aromatic heterocycles. The fourth-order valence-corrected chi connectivity index (χ4v) is 3.02. The van der Waals surface area contributed by atoms with Crippen LogP contribution < -0.4 is 0 Å². The van der Waals surface area contributed by atoms with E-state index >= 15 is 0 Å². The minimum Gasteiger partial charge on any atom is -0.348 e. The number of carbonyl (C=O) groups excluding carboxylic acids is 1. The van der Waals surface area contributed by atoms with Crippen LogP contribution >= 0.6 is 0 Å².